The number of ether oxygens (including phenoxy) is 2. The van der Waals surface area contributed by atoms with Crippen LogP contribution in [0.15, 0.2) is 36.4 Å². The Morgan fingerprint density at radius 1 is 1.17 bits per heavy atom. The predicted molar refractivity (Wildman–Crippen MR) is 95.0 cm³/mol. The van der Waals surface area contributed by atoms with Crippen LogP contribution in [0.4, 0.5) is 0 Å². The summed E-state index contributed by atoms with van der Waals surface area (Å²) in [5.74, 6) is 2.32. The third kappa shape index (κ3) is 3.49. The maximum atomic E-state index is 9.71. The van der Waals surface area contributed by atoms with Crippen molar-refractivity contribution < 1.29 is 14.6 Å². The Balaban J connectivity index is 1.91. The lowest BCUT2D eigenvalue weighted by Crippen LogP contribution is -2.30. The van der Waals surface area contributed by atoms with E-state index >= 15 is 0 Å². The van der Waals surface area contributed by atoms with Crippen molar-refractivity contribution in [1.29, 1.82) is 0 Å². The number of phenolic OH excluding ortho intramolecular Hbond substituents is 1. The Morgan fingerprint density at radius 3 is 2.75 bits per heavy atom. The standard InChI is InChI=1S/C20H25NO3/c1-13(2)12-24-18-7-4-15(11-19(18)23-3)20-17-6-5-16(22)10-14(17)8-9-21-20/h4-7,10-11,13,20-22H,8-9,12H2,1-3H3. The minimum atomic E-state index is 0.0994. The third-order valence-electron chi connectivity index (χ3n) is 4.27. The van der Waals surface area contributed by atoms with Gasteiger partial charge in [-0.2, -0.15) is 0 Å². The maximum Gasteiger partial charge on any atom is 0.161 e. The van der Waals surface area contributed by atoms with Crippen molar-refractivity contribution in [3.8, 4) is 17.2 Å². The molecule has 0 spiro atoms. The van der Waals surface area contributed by atoms with Gasteiger partial charge in [-0.1, -0.05) is 26.0 Å². The number of aromatic hydroxyl groups is 1. The first-order valence-corrected chi connectivity index (χ1v) is 8.44. The fraction of sp³-hybridized carbons (Fsp3) is 0.400. The summed E-state index contributed by atoms with van der Waals surface area (Å²) >= 11 is 0. The van der Waals surface area contributed by atoms with E-state index in [1.807, 2.05) is 24.3 Å². The average molecular weight is 327 g/mol. The Hall–Kier alpha value is -2.20. The smallest absolute Gasteiger partial charge is 0.161 e. The molecule has 1 aliphatic rings. The van der Waals surface area contributed by atoms with Crippen molar-refractivity contribution in [1.82, 2.24) is 5.32 Å². The second-order valence-corrected chi connectivity index (χ2v) is 6.64. The highest BCUT2D eigenvalue weighted by atomic mass is 16.5. The third-order valence-corrected chi connectivity index (χ3v) is 4.27. The zero-order valence-electron chi connectivity index (χ0n) is 14.5. The van der Waals surface area contributed by atoms with Crippen molar-refractivity contribution in [2.75, 3.05) is 20.3 Å². The van der Waals surface area contributed by atoms with Gasteiger partial charge in [0.25, 0.3) is 0 Å². The summed E-state index contributed by atoms with van der Waals surface area (Å²) in [6.07, 6.45) is 0.924. The number of phenols is 1. The van der Waals surface area contributed by atoms with Crippen molar-refractivity contribution in [2.24, 2.45) is 5.92 Å². The minimum absolute atomic E-state index is 0.0994. The molecule has 0 aliphatic carbocycles. The van der Waals surface area contributed by atoms with Crippen LogP contribution in [0.1, 0.15) is 36.6 Å². The second-order valence-electron chi connectivity index (χ2n) is 6.64. The van der Waals surface area contributed by atoms with Crippen LogP contribution in [0, 0.1) is 5.92 Å². The molecule has 4 nitrogen and oxygen atoms in total. The molecule has 2 N–H and O–H groups in total. The molecular weight excluding hydrogens is 302 g/mol. The Labute approximate surface area is 143 Å². The first-order chi connectivity index (χ1) is 11.6. The number of benzene rings is 2. The summed E-state index contributed by atoms with van der Waals surface area (Å²) in [5.41, 5.74) is 3.53. The van der Waals surface area contributed by atoms with E-state index in [9.17, 15) is 5.11 Å². The molecule has 1 atom stereocenters. The second kappa shape index (κ2) is 7.14. The van der Waals surface area contributed by atoms with Gasteiger partial charge in [0, 0.05) is 6.54 Å². The SMILES string of the molecule is COc1cc(C2NCCc3cc(O)ccc32)ccc1OCC(C)C. The number of hydrogen-bond acceptors (Lipinski definition) is 4. The van der Waals surface area contributed by atoms with Crippen LogP contribution in [0.3, 0.4) is 0 Å². The van der Waals surface area contributed by atoms with Crippen molar-refractivity contribution >= 4 is 0 Å². The van der Waals surface area contributed by atoms with Crippen LogP contribution in [0.25, 0.3) is 0 Å². The lowest BCUT2D eigenvalue weighted by Gasteiger charge is -2.28. The van der Waals surface area contributed by atoms with Crippen LogP contribution in [-0.4, -0.2) is 25.4 Å². The minimum Gasteiger partial charge on any atom is -0.508 e. The van der Waals surface area contributed by atoms with Crippen LogP contribution in [-0.2, 0) is 6.42 Å². The summed E-state index contributed by atoms with van der Waals surface area (Å²) in [5, 5.41) is 13.3. The molecule has 2 aromatic carbocycles. The fourth-order valence-electron chi connectivity index (χ4n) is 3.09. The van der Waals surface area contributed by atoms with E-state index in [1.54, 1.807) is 13.2 Å². The molecule has 0 radical (unpaired) electrons. The van der Waals surface area contributed by atoms with Gasteiger partial charge in [-0.15, -0.1) is 0 Å². The summed E-state index contributed by atoms with van der Waals surface area (Å²) in [7, 11) is 1.67. The fourth-order valence-corrected chi connectivity index (χ4v) is 3.09. The molecule has 0 bridgehead atoms. The molecule has 0 saturated carbocycles. The molecule has 3 rings (SSSR count). The van der Waals surface area contributed by atoms with Gasteiger partial charge in [0.15, 0.2) is 11.5 Å². The summed E-state index contributed by atoms with van der Waals surface area (Å²) in [6, 6.07) is 11.8. The quantitative estimate of drug-likeness (QED) is 0.880. The Bertz CT molecular complexity index is 712. The number of hydrogen-bond donors (Lipinski definition) is 2. The van der Waals surface area contributed by atoms with E-state index in [1.165, 1.54) is 11.1 Å². The Morgan fingerprint density at radius 2 is 2.00 bits per heavy atom. The number of nitrogens with one attached hydrogen (secondary N) is 1. The lowest BCUT2D eigenvalue weighted by molar-refractivity contribution is 0.256. The molecule has 4 heteroatoms. The van der Waals surface area contributed by atoms with Crippen molar-refractivity contribution in [2.45, 2.75) is 26.3 Å². The van der Waals surface area contributed by atoms with Gasteiger partial charge in [0.05, 0.1) is 19.8 Å². The summed E-state index contributed by atoms with van der Waals surface area (Å²) in [4.78, 5) is 0. The molecule has 128 valence electrons. The van der Waals surface area contributed by atoms with Gasteiger partial charge in [0.2, 0.25) is 0 Å². The molecule has 0 amide bonds. The van der Waals surface area contributed by atoms with Crippen molar-refractivity contribution in [3.05, 3.63) is 53.1 Å². The first kappa shape index (κ1) is 16.7. The molecule has 2 aromatic rings. The molecule has 0 fully saturated rings. The van der Waals surface area contributed by atoms with Gasteiger partial charge >= 0.3 is 0 Å². The van der Waals surface area contributed by atoms with E-state index in [2.05, 4.69) is 25.2 Å². The highest BCUT2D eigenvalue weighted by Gasteiger charge is 2.22. The van der Waals surface area contributed by atoms with E-state index in [4.69, 9.17) is 9.47 Å². The molecule has 0 saturated heterocycles. The highest BCUT2D eigenvalue weighted by molar-refractivity contribution is 5.48. The zero-order valence-corrected chi connectivity index (χ0v) is 14.5. The molecular formula is C20H25NO3. The van der Waals surface area contributed by atoms with Gasteiger partial charge in [-0.05, 0) is 53.3 Å². The molecule has 0 aromatic heterocycles. The Kier molecular flexibility index (Phi) is 4.95. The van der Waals surface area contributed by atoms with E-state index < -0.39 is 0 Å². The summed E-state index contributed by atoms with van der Waals surface area (Å²) < 4.78 is 11.4. The van der Waals surface area contributed by atoms with Gasteiger partial charge in [-0.3, -0.25) is 0 Å². The lowest BCUT2D eigenvalue weighted by atomic mass is 9.89. The highest BCUT2D eigenvalue weighted by Crippen LogP contribution is 2.35. The predicted octanol–water partition coefficient (Wildman–Crippen LogP) is 3.67. The molecule has 1 unspecified atom stereocenters. The van der Waals surface area contributed by atoms with Crippen LogP contribution >= 0.6 is 0 Å². The molecule has 1 aliphatic heterocycles. The zero-order chi connectivity index (χ0) is 17.1. The first-order valence-electron chi connectivity index (χ1n) is 8.44. The number of fused-ring (bicyclic) bond motifs is 1. The van der Waals surface area contributed by atoms with Crippen LogP contribution < -0.4 is 14.8 Å². The van der Waals surface area contributed by atoms with E-state index in [0.29, 0.717) is 18.3 Å². The molecule has 1 heterocycles. The van der Waals surface area contributed by atoms with E-state index in [-0.39, 0.29) is 6.04 Å². The average Bonchev–Trinajstić information content (AvgIpc) is 2.59. The van der Waals surface area contributed by atoms with Crippen LogP contribution in [0.2, 0.25) is 0 Å². The topological polar surface area (TPSA) is 50.7 Å². The largest absolute Gasteiger partial charge is 0.508 e. The van der Waals surface area contributed by atoms with Gasteiger partial charge in [0.1, 0.15) is 5.75 Å². The normalized spacial score (nSPS) is 16.8. The maximum absolute atomic E-state index is 9.71. The van der Waals surface area contributed by atoms with E-state index in [0.717, 1.165) is 30.0 Å². The van der Waals surface area contributed by atoms with Crippen LogP contribution in [0.5, 0.6) is 17.2 Å². The summed E-state index contributed by atoms with van der Waals surface area (Å²) in [6.45, 7) is 5.80. The molecule has 24 heavy (non-hydrogen) atoms. The van der Waals surface area contributed by atoms with Gasteiger partial charge in [-0.25, -0.2) is 0 Å². The van der Waals surface area contributed by atoms with Crippen molar-refractivity contribution in [3.63, 3.8) is 0 Å². The van der Waals surface area contributed by atoms with Gasteiger partial charge < -0.3 is 19.9 Å². The monoisotopic (exact) mass is 327 g/mol. The number of rotatable bonds is 5. The number of methoxy groups -OCH3 is 1.